The molecule has 0 N–H and O–H groups in total. The number of nitrogens with zero attached hydrogens (tertiary/aromatic N) is 2. The Morgan fingerprint density at radius 2 is 1.94 bits per heavy atom. The van der Waals surface area contributed by atoms with Crippen LogP contribution in [0, 0.1) is 0 Å². The number of hydrogen-bond donors (Lipinski definition) is 0. The molecule has 0 aliphatic carbocycles. The van der Waals surface area contributed by atoms with Crippen molar-refractivity contribution in [3.8, 4) is 10.7 Å². The summed E-state index contributed by atoms with van der Waals surface area (Å²) in [5.41, 5.74) is 1.19. The van der Waals surface area contributed by atoms with Crippen LogP contribution in [0.1, 0.15) is 36.3 Å². The summed E-state index contributed by atoms with van der Waals surface area (Å²) < 4.78 is 4.63. The Balaban J connectivity index is 2.30. The molecule has 0 atom stereocenters. The van der Waals surface area contributed by atoms with E-state index in [1.54, 1.807) is 16.7 Å². The van der Waals surface area contributed by atoms with Gasteiger partial charge in [0.05, 0.1) is 12.1 Å². The molecule has 0 unspecified atom stereocenters. The molecule has 18 heavy (non-hydrogen) atoms. The van der Waals surface area contributed by atoms with Crippen molar-refractivity contribution < 1.29 is 9.53 Å². The van der Waals surface area contributed by atoms with E-state index in [2.05, 4.69) is 35.5 Å². The first-order valence-electron chi connectivity index (χ1n) is 5.42. The van der Waals surface area contributed by atoms with Crippen molar-refractivity contribution in [1.82, 2.24) is 9.97 Å². The van der Waals surface area contributed by atoms with Crippen molar-refractivity contribution >= 4 is 28.6 Å². The summed E-state index contributed by atoms with van der Waals surface area (Å²) in [5, 5.41) is 5.48. The number of carbonyl (C=O) groups excluding carboxylic acids is 1. The maximum absolute atomic E-state index is 11.3. The molecule has 0 aliphatic heterocycles. The number of rotatable bonds is 2. The van der Waals surface area contributed by atoms with Crippen molar-refractivity contribution in [2.24, 2.45) is 0 Å². The smallest absolute Gasteiger partial charge is 0.357 e. The van der Waals surface area contributed by atoms with E-state index in [0.717, 1.165) is 15.7 Å². The highest BCUT2D eigenvalue weighted by Gasteiger charge is 2.20. The van der Waals surface area contributed by atoms with Gasteiger partial charge < -0.3 is 4.74 Å². The molecule has 2 aromatic heterocycles. The van der Waals surface area contributed by atoms with Crippen LogP contribution in [0.3, 0.4) is 0 Å². The number of aromatic nitrogens is 2. The third-order valence-electron chi connectivity index (χ3n) is 2.26. The van der Waals surface area contributed by atoms with E-state index in [1.165, 1.54) is 18.4 Å². The summed E-state index contributed by atoms with van der Waals surface area (Å²) in [6.07, 6.45) is 0. The van der Waals surface area contributed by atoms with Crippen LogP contribution in [0.4, 0.5) is 0 Å². The van der Waals surface area contributed by atoms with Gasteiger partial charge in [-0.2, -0.15) is 0 Å². The van der Waals surface area contributed by atoms with Crippen molar-refractivity contribution in [3.63, 3.8) is 0 Å². The molecule has 4 nitrogen and oxygen atoms in total. The first-order valence-corrected chi connectivity index (χ1v) is 7.18. The van der Waals surface area contributed by atoms with Crippen molar-refractivity contribution in [2.75, 3.05) is 7.11 Å². The molecule has 0 saturated heterocycles. The molecule has 0 aromatic carbocycles. The van der Waals surface area contributed by atoms with Crippen LogP contribution in [-0.2, 0) is 10.2 Å². The van der Waals surface area contributed by atoms with Crippen LogP contribution in [0.5, 0.6) is 0 Å². The van der Waals surface area contributed by atoms with Crippen LogP contribution in [0.2, 0.25) is 0 Å². The fourth-order valence-corrected chi connectivity index (χ4v) is 3.02. The number of ether oxygens (including phenoxy) is 1. The van der Waals surface area contributed by atoms with E-state index in [9.17, 15) is 4.79 Å². The Bertz CT molecular complexity index is 567. The summed E-state index contributed by atoms with van der Waals surface area (Å²) >= 11 is 3.02. The highest BCUT2D eigenvalue weighted by Crippen LogP contribution is 2.31. The van der Waals surface area contributed by atoms with Gasteiger partial charge in [0, 0.05) is 16.2 Å². The molecule has 0 fully saturated rings. The summed E-state index contributed by atoms with van der Waals surface area (Å²) in [5.74, 6) is -0.413. The van der Waals surface area contributed by atoms with E-state index in [-0.39, 0.29) is 5.41 Å². The number of methoxy groups -OCH3 is 1. The van der Waals surface area contributed by atoms with Gasteiger partial charge in [-0.25, -0.2) is 14.8 Å². The molecule has 2 rings (SSSR count). The maximum atomic E-state index is 11.3. The Labute approximate surface area is 114 Å². The van der Waals surface area contributed by atoms with E-state index in [1.807, 2.05) is 5.38 Å². The third kappa shape index (κ3) is 2.59. The van der Waals surface area contributed by atoms with Gasteiger partial charge in [-0.15, -0.1) is 22.7 Å². The molecule has 2 aromatic rings. The maximum Gasteiger partial charge on any atom is 0.357 e. The number of hydrogen-bond acceptors (Lipinski definition) is 6. The zero-order chi connectivity index (χ0) is 13.3. The Morgan fingerprint density at radius 3 is 2.50 bits per heavy atom. The summed E-state index contributed by atoms with van der Waals surface area (Å²) in [6, 6.07) is 0. The monoisotopic (exact) mass is 282 g/mol. The summed E-state index contributed by atoms with van der Waals surface area (Å²) in [6.45, 7) is 6.37. The minimum absolute atomic E-state index is 0.0331. The fraction of sp³-hybridized carbons (Fsp3) is 0.417. The average Bonchev–Trinajstić information content (AvgIpc) is 2.94. The number of thiazole rings is 2. The van der Waals surface area contributed by atoms with Gasteiger partial charge in [-0.05, 0) is 0 Å². The lowest BCUT2D eigenvalue weighted by molar-refractivity contribution is 0.0595. The molecule has 0 aliphatic rings. The fourth-order valence-electron chi connectivity index (χ4n) is 1.31. The van der Waals surface area contributed by atoms with Crippen molar-refractivity contribution in [1.29, 1.82) is 0 Å². The standard InChI is InChI=1S/C12H14N2O2S2/c1-12(2,3)11-14-7(5-18-11)9-13-8(6-17-9)10(15)16-4/h5-6H,1-4H3. The molecule has 0 saturated carbocycles. The van der Waals surface area contributed by atoms with Gasteiger partial charge in [0.15, 0.2) is 5.69 Å². The number of carbonyl (C=O) groups is 1. The number of esters is 1. The van der Waals surface area contributed by atoms with Gasteiger partial charge >= 0.3 is 5.97 Å². The van der Waals surface area contributed by atoms with Gasteiger partial charge in [0.2, 0.25) is 0 Å². The zero-order valence-corrected chi connectivity index (χ0v) is 12.3. The summed E-state index contributed by atoms with van der Waals surface area (Å²) in [4.78, 5) is 20.1. The largest absolute Gasteiger partial charge is 0.464 e. The summed E-state index contributed by atoms with van der Waals surface area (Å²) in [7, 11) is 1.35. The first kappa shape index (κ1) is 13.2. The van der Waals surface area contributed by atoms with Gasteiger partial charge in [-0.3, -0.25) is 0 Å². The minimum Gasteiger partial charge on any atom is -0.464 e. The van der Waals surface area contributed by atoms with E-state index < -0.39 is 5.97 Å². The lowest BCUT2D eigenvalue weighted by Crippen LogP contribution is -2.10. The van der Waals surface area contributed by atoms with Crippen molar-refractivity contribution in [3.05, 3.63) is 21.5 Å². The van der Waals surface area contributed by atoms with E-state index in [4.69, 9.17) is 0 Å². The van der Waals surface area contributed by atoms with Gasteiger partial charge in [0.1, 0.15) is 10.7 Å². The normalized spacial score (nSPS) is 11.6. The first-order chi connectivity index (χ1) is 8.41. The SMILES string of the molecule is COC(=O)c1csc(-c2csc(C(C)(C)C)n2)n1. The van der Waals surface area contributed by atoms with Crippen LogP contribution in [0.15, 0.2) is 10.8 Å². The van der Waals surface area contributed by atoms with Crippen molar-refractivity contribution in [2.45, 2.75) is 26.2 Å². The lowest BCUT2D eigenvalue weighted by Gasteiger charge is -2.13. The van der Waals surface area contributed by atoms with Crippen LogP contribution >= 0.6 is 22.7 Å². The lowest BCUT2D eigenvalue weighted by atomic mass is 9.98. The second kappa shape index (κ2) is 4.78. The molecule has 96 valence electrons. The van der Waals surface area contributed by atoms with Gasteiger partial charge in [0.25, 0.3) is 0 Å². The molecule has 0 amide bonds. The van der Waals surface area contributed by atoms with Crippen LogP contribution in [0.25, 0.3) is 10.7 Å². The Kier molecular flexibility index (Phi) is 3.49. The molecule has 0 radical (unpaired) electrons. The zero-order valence-electron chi connectivity index (χ0n) is 10.7. The molecule has 0 bridgehead atoms. The Hall–Kier alpha value is -1.27. The van der Waals surface area contributed by atoms with E-state index >= 15 is 0 Å². The second-order valence-electron chi connectivity index (χ2n) is 4.82. The average molecular weight is 282 g/mol. The minimum atomic E-state index is -0.413. The van der Waals surface area contributed by atoms with Crippen LogP contribution in [-0.4, -0.2) is 23.0 Å². The molecular formula is C12H14N2O2S2. The predicted molar refractivity (Wildman–Crippen MR) is 73.3 cm³/mol. The Morgan fingerprint density at radius 1 is 1.22 bits per heavy atom. The molecule has 0 spiro atoms. The quantitative estimate of drug-likeness (QED) is 0.793. The second-order valence-corrected chi connectivity index (χ2v) is 6.53. The molecule has 6 heteroatoms. The third-order valence-corrected chi connectivity index (χ3v) is 4.40. The highest BCUT2D eigenvalue weighted by atomic mass is 32.1. The van der Waals surface area contributed by atoms with Crippen LogP contribution < -0.4 is 0 Å². The van der Waals surface area contributed by atoms with Gasteiger partial charge in [-0.1, -0.05) is 20.8 Å². The topological polar surface area (TPSA) is 52.1 Å². The highest BCUT2D eigenvalue weighted by molar-refractivity contribution is 7.14. The predicted octanol–water partition coefficient (Wildman–Crippen LogP) is 3.35. The molecule has 2 heterocycles. The molecular weight excluding hydrogens is 268 g/mol. The van der Waals surface area contributed by atoms with E-state index in [0.29, 0.717) is 5.69 Å².